The van der Waals surface area contributed by atoms with E-state index in [1.165, 1.54) is 0 Å². The van der Waals surface area contributed by atoms with E-state index in [-0.39, 0.29) is 51.0 Å². The van der Waals surface area contributed by atoms with E-state index in [4.69, 9.17) is 0 Å². The van der Waals surface area contributed by atoms with Crippen molar-refractivity contribution >= 4 is 11.8 Å². The first kappa shape index (κ1) is 39.0. The van der Waals surface area contributed by atoms with Crippen LogP contribution in [0.2, 0.25) is 0 Å². The zero-order chi connectivity index (χ0) is 33.9. The van der Waals surface area contributed by atoms with Gasteiger partial charge in [-0.15, -0.1) is 0 Å². The molecule has 1 atom stereocenters. The van der Waals surface area contributed by atoms with Crippen LogP contribution in [0.3, 0.4) is 0 Å². The third-order valence-corrected chi connectivity index (χ3v) is 9.47. The second-order valence-electron chi connectivity index (χ2n) is 19.7. The van der Waals surface area contributed by atoms with Crippen LogP contribution >= 0.6 is 0 Å². The van der Waals surface area contributed by atoms with E-state index >= 15 is 0 Å². The second kappa shape index (κ2) is 14.3. The zero-order valence-electron chi connectivity index (χ0n) is 31.9. The summed E-state index contributed by atoms with van der Waals surface area (Å²) >= 11 is 0. The number of unbranched alkanes of at least 4 members (excludes halogenated alkanes) is 3. The molecule has 0 aromatic carbocycles. The van der Waals surface area contributed by atoms with Gasteiger partial charge in [-0.05, 0) is 112 Å². The monoisotopic (exact) mass is 619 g/mol. The van der Waals surface area contributed by atoms with Crippen LogP contribution in [0.1, 0.15) is 168 Å². The van der Waals surface area contributed by atoms with Gasteiger partial charge in [0.2, 0.25) is 11.8 Å². The van der Waals surface area contributed by atoms with E-state index < -0.39 is 0 Å². The first-order valence-corrected chi connectivity index (χ1v) is 17.9. The van der Waals surface area contributed by atoms with Gasteiger partial charge in [0.25, 0.3) is 0 Å². The molecule has 2 rings (SSSR count). The minimum Gasteiger partial charge on any atom is -0.340 e. The average Bonchev–Trinajstić information content (AvgIpc) is 2.74. The maximum atomic E-state index is 13.9. The number of carbonyl (C=O) groups is 2. The first-order valence-electron chi connectivity index (χ1n) is 17.9. The predicted molar refractivity (Wildman–Crippen MR) is 188 cm³/mol. The number of nitrogens with zero attached hydrogens (tertiary/aromatic N) is 2. The maximum Gasteiger partial charge on any atom is 0.228 e. The van der Waals surface area contributed by atoms with Gasteiger partial charge in [0.05, 0.1) is 0 Å². The van der Waals surface area contributed by atoms with Crippen LogP contribution in [-0.2, 0) is 9.59 Å². The highest BCUT2D eigenvalue weighted by molar-refractivity contribution is 5.82. The molecule has 0 aliphatic carbocycles. The molecule has 2 aliphatic heterocycles. The fraction of sp³-hybridized carbons (Fsp3) is 0.947. The van der Waals surface area contributed by atoms with E-state index in [1.54, 1.807) is 0 Å². The third kappa shape index (κ3) is 12.9. The van der Waals surface area contributed by atoms with Crippen LogP contribution in [0.4, 0.5) is 0 Å². The predicted octanol–water partition coefficient (Wildman–Crippen LogP) is 8.33. The number of carbonyl (C=O) groups excluding carboxylic acids is 2. The molecule has 0 bridgehead atoms. The van der Waals surface area contributed by atoms with Crippen LogP contribution in [-0.4, -0.2) is 68.9 Å². The number of rotatable bonds is 12. The quantitative estimate of drug-likeness (QED) is 0.216. The molecular weight excluding hydrogens is 544 g/mol. The molecule has 6 nitrogen and oxygen atoms in total. The van der Waals surface area contributed by atoms with Gasteiger partial charge in [0.15, 0.2) is 0 Å². The first-order chi connectivity index (χ1) is 19.7. The van der Waals surface area contributed by atoms with Gasteiger partial charge >= 0.3 is 0 Å². The molecule has 2 amide bonds. The summed E-state index contributed by atoms with van der Waals surface area (Å²) in [5, 5.41) is 7.59. The molecule has 2 aliphatic rings. The molecule has 2 fully saturated rings. The molecule has 44 heavy (non-hydrogen) atoms. The van der Waals surface area contributed by atoms with Crippen LogP contribution in [0, 0.1) is 16.7 Å². The fourth-order valence-electron chi connectivity index (χ4n) is 8.82. The van der Waals surface area contributed by atoms with Crippen molar-refractivity contribution in [2.75, 3.05) is 13.1 Å². The lowest BCUT2D eigenvalue weighted by Crippen LogP contribution is -2.63. The second-order valence-corrected chi connectivity index (χ2v) is 19.7. The van der Waals surface area contributed by atoms with E-state index in [1.807, 2.05) is 0 Å². The van der Waals surface area contributed by atoms with E-state index in [0.717, 1.165) is 70.9 Å². The van der Waals surface area contributed by atoms with Crippen LogP contribution in [0.15, 0.2) is 0 Å². The number of nitrogens with one attached hydrogen (secondary N) is 2. The van der Waals surface area contributed by atoms with Crippen molar-refractivity contribution in [2.45, 2.75) is 202 Å². The van der Waals surface area contributed by atoms with Crippen molar-refractivity contribution in [3.05, 3.63) is 0 Å². The van der Waals surface area contributed by atoms with Crippen molar-refractivity contribution in [2.24, 2.45) is 16.7 Å². The Kier molecular flexibility index (Phi) is 12.7. The molecular formula is C38H74N4O2. The molecule has 0 aromatic heterocycles. The Hall–Kier alpha value is -1.14. The SMILES string of the molecule is CC(CC(=O)N(CCCCCCN(C(=O)C(C)(C)C)C1CC(C)(C)NC(C)(C)C1)C1CC(C)(C)NC(C)(C)C1)CC(C)(C)C. The summed E-state index contributed by atoms with van der Waals surface area (Å²) in [6.07, 6.45) is 9.82. The number of hydrogen-bond acceptors (Lipinski definition) is 4. The summed E-state index contributed by atoms with van der Waals surface area (Å²) in [7, 11) is 0. The lowest BCUT2D eigenvalue weighted by molar-refractivity contribution is -0.144. The van der Waals surface area contributed by atoms with Crippen LogP contribution < -0.4 is 10.6 Å². The van der Waals surface area contributed by atoms with E-state index in [9.17, 15) is 9.59 Å². The van der Waals surface area contributed by atoms with Gasteiger partial charge in [-0.3, -0.25) is 9.59 Å². The molecule has 258 valence electrons. The molecule has 2 saturated heterocycles. The highest BCUT2D eigenvalue weighted by Gasteiger charge is 2.43. The Bertz CT molecular complexity index is 921. The Morgan fingerprint density at radius 2 is 1.02 bits per heavy atom. The van der Waals surface area contributed by atoms with Crippen molar-refractivity contribution in [1.82, 2.24) is 20.4 Å². The lowest BCUT2D eigenvalue weighted by atomic mass is 9.78. The Labute approximate surface area is 273 Å². The van der Waals surface area contributed by atoms with Gasteiger partial charge in [-0.25, -0.2) is 0 Å². The Morgan fingerprint density at radius 3 is 1.39 bits per heavy atom. The highest BCUT2D eigenvalue weighted by atomic mass is 16.2. The molecule has 2 heterocycles. The summed E-state index contributed by atoms with van der Waals surface area (Å²) in [6, 6.07) is 0.518. The Morgan fingerprint density at radius 1 is 0.659 bits per heavy atom. The third-order valence-electron chi connectivity index (χ3n) is 9.47. The minimum absolute atomic E-state index is 0.000968. The van der Waals surface area contributed by atoms with Gasteiger partial charge in [-0.2, -0.15) is 0 Å². The fourth-order valence-corrected chi connectivity index (χ4v) is 8.82. The topological polar surface area (TPSA) is 64.7 Å². The molecule has 0 radical (unpaired) electrons. The molecule has 0 spiro atoms. The summed E-state index contributed by atoms with van der Waals surface area (Å²) < 4.78 is 0. The van der Waals surface area contributed by atoms with E-state index in [0.29, 0.717) is 18.2 Å². The van der Waals surface area contributed by atoms with Gasteiger partial charge in [-0.1, -0.05) is 61.3 Å². The smallest absolute Gasteiger partial charge is 0.228 e. The van der Waals surface area contributed by atoms with Gasteiger partial charge < -0.3 is 20.4 Å². The van der Waals surface area contributed by atoms with Crippen molar-refractivity contribution in [3.63, 3.8) is 0 Å². The molecule has 0 saturated carbocycles. The largest absolute Gasteiger partial charge is 0.340 e. The normalized spacial score (nSPS) is 22.8. The summed E-state index contributed by atoms with van der Waals surface area (Å²) in [6.45, 7) is 35.0. The standard InChI is InChI=1S/C38H74N4O2/c1-28(23-33(2,3)4)22-31(43)41(29-24-35(8,9)39-36(10,11)25-29)20-18-16-17-19-21-42(32(44)34(5,6)7)30-26-37(12,13)40-38(14,15)27-30/h28-30,39-40H,16-27H2,1-15H3. The molecule has 0 aromatic rings. The molecule has 2 N–H and O–H groups in total. The molecule has 1 unspecified atom stereocenters. The summed E-state index contributed by atoms with van der Waals surface area (Å²) in [5.74, 6) is 0.982. The maximum absolute atomic E-state index is 13.9. The van der Waals surface area contributed by atoms with Gasteiger partial charge in [0, 0.05) is 59.2 Å². The number of piperidine rings is 2. The zero-order valence-corrected chi connectivity index (χ0v) is 31.9. The number of hydrogen-bond donors (Lipinski definition) is 2. The van der Waals surface area contributed by atoms with Crippen LogP contribution in [0.5, 0.6) is 0 Å². The lowest BCUT2D eigenvalue weighted by Gasteiger charge is -2.50. The average molecular weight is 619 g/mol. The number of amides is 2. The van der Waals surface area contributed by atoms with Crippen molar-refractivity contribution in [1.29, 1.82) is 0 Å². The summed E-state index contributed by atoms with van der Waals surface area (Å²) in [5.41, 5.74) is -0.154. The van der Waals surface area contributed by atoms with Crippen molar-refractivity contribution < 1.29 is 9.59 Å². The molecule has 6 heteroatoms. The summed E-state index contributed by atoms with van der Waals surface area (Å²) in [4.78, 5) is 32.0. The van der Waals surface area contributed by atoms with E-state index in [2.05, 4.69) is 124 Å². The highest BCUT2D eigenvalue weighted by Crippen LogP contribution is 2.35. The van der Waals surface area contributed by atoms with Crippen LogP contribution in [0.25, 0.3) is 0 Å². The van der Waals surface area contributed by atoms with Crippen molar-refractivity contribution in [3.8, 4) is 0 Å². The minimum atomic E-state index is -0.388. The Balaban J connectivity index is 2.06. The van der Waals surface area contributed by atoms with Gasteiger partial charge in [0.1, 0.15) is 0 Å².